The van der Waals surface area contributed by atoms with E-state index in [4.69, 9.17) is 27.9 Å². The Morgan fingerprint density at radius 1 is 1.28 bits per heavy atom. The number of hydrogen-bond acceptors (Lipinski definition) is 4. The Kier molecular flexibility index (Phi) is 6.69. The average Bonchev–Trinajstić information content (AvgIpc) is 2.59. The van der Waals surface area contributed by atoms with Crippen molar-refractivity contribution >= 4 is 35.1 Å². The first-order valence-corrected chi connectivity index (χ1v) is 8.98. The summed E-state index contributed by atoms with van der Waals surface area (Å²) in [7, 11) is 0. The fraction of sp³-hybridized carbons (Fsp3) is 0.500. The Bertz CT molecular complexity index is 674. The summed E-state index contributed by atoms with van der Waals surface area (Å²) in [6.07, 6.45) is 2.96. The van der Waals surface area contributed by atoms with Crippen molar-refractivity contribution < 1.29 is 14.3 Å². The number of esters is 1. The molecule has 1 aromatic carbocycles. The highest BCUT2D eigenvalue weighted by molar-refractivity contribution is 6.36. The van der Waals surface area contributed by atoms with Crippen molar-refractivity contribution in [2.24, 2.45) is 0 Å². The van der Waals surface area contributed by atoms with Gasteiger partial charge in [-0.3, -0.25) is 9.59 Å². The molecule has 2 rings (SSSR count). The van der Waals surface area contributed by atoms with Gasteiger partial charge in [0, 0.05) is 15.6 Å². The van der Waals surface area contributed by atoms with Crippen molar-refractivity contribution in [3.05, 3.63) is 33.8 Å². The van der Waals surface area contributed by atoms with Crippen LogP contribution in [0.15, 0.2) is 18.2 Å². The predicted molar refractivity (Wildman–Crippen MR) is 95.3 cm³/mol. The first-order valence-electron chi connectivity index (χ1n) is 8.22. The fourth-order valence-electron chi connectivity index (χ4n) is 2.90. The van der Waals surface area contributed by atoms with Crippen molar-refractivity contribution in [1.82, 2.24) is 5.32 Å². The minimum absolute atomic E-state index is 0.125. The smallest absolute Gasteiger partial charge is 0.311 e. The van der Waals surface area contributed by atoms with Crippen LogP contribution < -0.4 is 5.32 Å². The number of amides is 1. The van der Waals surface area contributed by atoms with Crippen LogP contribution in [0.4, 0.5) is 0 Å². The Balaban J connectivity index is 1.94. The Morgan fingerprint density at radius 2 is 1.88 bits per heavy atom. The Morgan fingerprint density at radius 3 is 2.44 bits per heavy atom. The number of rotatable bonds is 5. The van der Waals surface area contributed by atoms with E-state index in [0.29, 0.717) is 28.5 Å². The highest BCUT2D eigenvalue weighted by atomic mass is 35.5. The van der Waals surface area contributed by atoms with E-state index in [0.717, 1.165) is 19.3 Å². The molecule has 0 saturated heterocycles. The summed E-state index contributed by atoms with van der Waals surface area (Å²) in [6.45, 7) is 1.48. The van der Waals surface area contributed by atoms with E-state index < -0.39 is 23.5 Å². The van der Waals surface area contributed by atoms with Crippen LogP contribution >= 0.6 is 23.2 Å². The van der Waals surface area contributed by atoms with Gasteiger partial charge in [-0.1, -0.05) is 48.5 Å². The predicted octanol–water partition coefficient (Wildman–Crippen LogP) is 3.81. The second kappa shape index (κ2) is 8.55. The molecule has 1 saturated carbocycles. The summed E-state index contributed by atoms with van der Waals surface area (Å²) >= 11 is 12.1. The zero-order valence-electron chi connectivity index (χ0n) is 14.0. The van der Waals surface area contributed by atoms with E-state index in [1.807, 2.05) is 0 Å². The third kappa shape index (κ3) is 5.10. The Hall–Kier alpha value is -1.77. The molecule has 0 unspecified atom stereocenters. The first kappa shape index (κ1) is 19.6. The van der Waals surface area contributed by atoms with Crippen LogP contribution in [-0.2, 0) is 20.7 Å². The van der Waals surface area contributed by atoms with Crippen LogP contribution in [0.1, 0.15) is 44.6 Å². The van der Waals surface area contributed by atoms with Gasteiger partial charge in [-0.2, -0.15) is 5.26 Å². The molecule has 0 spiro atoms. The third-order valence-corrected chi connectivity index (χ3v) is 5.05. The molecule has 5 nitrogen and oxygen atoms in total. The molecule has 0 bridgehead atoms. The zero-order chi connectivity index (χ0) is 18.4. The molecule has 0 aromatic heterocycles. The fourth-order valence-corrected chi connectivity index (χ4v) is 3.43. The van der Waals surface area contributed by atoms with Gasteiger partial charge in [0.1, 0.15) is 5.54 Å². The molecule has 1 aliphatic rings. The quantitative estimate of drug-likeness (QED) is 0.785. The van der Waals surface area contributed by atoms with Crippen LogP contribution in [0.25, 0.3) is 0 Å². The van der Waals surface area contributed by atoms with Gasteiger partial charge >= 0.3 is 5.97 Å². The topological polar surface area (TPSA) is 79.2 Å². The van der Waals surface area contributed by atoms with Crippen LogP contribution in [0.2, 0.25) is 10.0 Å². The number of nitriles is 1. The zero-order valence-corrected chi connectivity index (χ0v) is 15.5. The lowest BCUT2D eigenvalue weighted by atomic mass is 9.83. The molecular formula is C18H20Cl2N2O3. The van der Waals surface area contributed by atoms with Gasteiger partial charge < -0.3 is 10.1 Å². The number of nitrogens with zero attached hydrogens (tertiary/aromatic N) is 1. The number of hydrogen-bond donors (Lipinski definition) is 1. The minimum Gasteiger partial charge on any atom is -0.452 e. The maximum absolute atomic E-state index is 12.3. The summed E-state index contributed by atoms with van der Waals surface area (Å²) in [5.41, 5.74) is -0.397. The molecule has 1 amide bonds. The molecule has 25 heavy (non-hydrogen) atoms. The molecule has 1 atom stereocenters. The van der Waals surface area contributed by atoms with Crippen LogP contribution in [0, 0.1) is 11.3 Å². The summed E-state index contributed by atoms with van der Waals surface area (Å²) in [6, 6.07) is 7.15. The molecule has 1 aromatic rings. The molecule has 1 N–H and O–H groups in total. The second-order valence-electron chi connectivity index (χ2n) is 6.25. The first-order chi connectivity index (χ1) is 11.9. The van der Waals surface area contributed by atoms with Gasteiger partial charge in [0.05, 0.1) is 12.5 Å². The molecule has 134 valence electrons. The minimum atomic E-state index is -0.999. The van der Waals surface area contributed by atoms with E-state index in [1.54, 1.807) is 18.2 Å². The summed E-state index contributed by atoms with van der Waals surface area (Å²) in [5.74, 6) is -1.07. The SMILES string of the molecule is C[C@@H](OC(=O)Cc1c(Cl)cccc1Cl)C(=O)NC1(C#N)CCCCC1. The van der Waals surface area contributed by atoms with Crippen molar-refractivity contribution in [3.8, 4) is 6.07 Å². The molecule has 1 aliphatic carbocycles. The van der Waals surface area contributed by atoms with E-state index >= 15 is 0 Å². The highest BCUT2D eigenvalue weighted by Crippen LogP contribution is 2.28. The lowest BCUT2D eigenvalue weighted by molar-refractivity contribution is -0.154. The normalized spacial score (nSPS) is 17.2. The summed E-state index contributed by atoms with van der Waals surface area (Å²) in [4.78, 5) is 24.4. The maximum Gasteiger partial charge on any atom is 0.311 e. The van der Waals surface area contributed by atoms with Crippen molar-refractivity contribution in [1.29, 1.82) is 5.26 Å². The number of carbonyl (C=O) groups excluding carboxylic acids is 2. The third-order valence-electron chi connectivity index (χ3n) is 4.34. The highest BCUT2D eigenvalue weighted by Gasteiger charge is 2.35. The van der Waals surface area contributed by atoms with Gasteiger partial charge in [0.25, 0.3) is 5.91 Å². The molecule has 1 fully saturated rings. The van der Waals surface area contributed by atoms with Crippen molar-refractivity contribution in [3.63, 3.8) is 0 Å². The molecule has 0 heterocycles. The largest absolute Gasteiger partial charge is 0.452 e. The van der Waals surface area contributed by atoms with E-state index in [-0.39, 0.29) is 6.42 Å². The van der Waals surface area contributed by atoms with Gasteiger partial charge in [-0.15, -0.1) is 0 Å². The number of ether oxygens (including phenoxy) is 1. The van der Waals surface area contributed by atoms with Crippen LogP contribution in [0.5, 0.6) is 0 Å². The lowest BCUT2D eigenvalue weighted by Crippen LogP contribution is -2.52. The molecule has 0 radical (unpaired) electrons. The number of benzene rings is 1. The molecule has 7 heteroatoms. The second-order valence-corrected chi connectivity index (χ2v) is 7.07. The van der Waals surface area contributed by atoms with Crippen molar-refractivity contribution in [2.45, 2.75) is 57.1 Å². The van der Waals surface area contributed by atoms with Gasteiger partial charge in [0.15, 0.2) is 6.10 Å². The van der Waals surface area contributed by atoms with Crippen LogP contribution in [-0.4, -0.2) is 23.5 Å². The number of carbonyl (C=O) groups is 2. The van der Waals surface area contributed by atoms with Gasteiger partial charge in [-0.25, -0.2) is 0 Å². The van der Waals surface area contributed by atoms with E-state index in [1.165, 1.54) is 6.92 Å². The monoisotopic (exact) mass is 382 g/mol. The number of nitrogens with one attached hydrogen (secondary N) is 1. The van der Waals surface area contributed by atoms with E-state index in [2.05, 4.69) is 11.4 Å². The lowest BCUT2D eigenvalue weighted by Gasteiger charge is -2.32. The standard InChI is InChI=1S/C18H20Cl2N2O3/c1-12(17(24)22-18(11-21)8-3-2-4-9-18)25-16(23)10-13-14(19)6-5-7-15(13)20/h5-7,12H,2-4,8-10H2,1H3,(H,22,24)/t12-/m1/s1. The van der Waals surface area contributed by atoms with Gasteiger partial charge in [-0.05, 0) is 31.9 Å². The van der Waals surface area contributed by atoms with Crippen LogP contribution in [0.3, 0.4) is 0 Å². The summed E-state index contributed by atoms with van der Waals surface area (Å²) < 4.78 is 5.18. The summed E-state index contributed by atoms with van der Waals surface area (Å²) in [5, 5.41) is 12.9. The maximum atomic E-state index is 12.3. The Labute approximate surface area is 157 Å². The number of halogens is 2. The van der Waals surface area contributed by atoms with E-state index in [9.17, 15) is 14.9 Å². The van der Waals surface area contributed by atoms with Gasteiger partial charge in [0.2, 0.25) is 0 Å². The average molecular weight is 383 g/mol. The molecular weight excluding hydrogens is 363 g/mol. The van der Waals surface area contributed by atoms with Crippen molar-refractivity contribution in [2.75, 3.05) is 0 Å². The molecule has 0 aliphatic heterocycles.